The molecule has 2 heterocycles. The van der Waals surface area contributed by atoms with Crippen molar-refractivity contribution in [1.82, 2.24) is 20.2 Å². The number of nitrogens with zero attached hydrogens (tertiary/aromatic N) is 3. The molecule has 10 heteroatoms. The molecule has 1 aromatic heterocycles. The van der Waals surface area contributed by atoms with Gasteiger partial charge in [0, 0.05) is 18.2 Å². The summed E-state index contributed by atoms with van der Waals surface area (Å²) < 4.78 is 33.0. The van der Waals surface area contributed by atoms with Gasteiger partial charge in [0.15, 0.2) is 0 Å². The van der Waals surface area contributed by atoms with Gasteiger partial charge in [-0.1, -0.05) is 0 Å². The number of alkyl halides is 2. The molecule has 1 N–H and O–H groups in total. The van der Waals surface area contributed by atoms with Gasteiger partial charge in [-0.2, -0.15) is 0 Å². The van der Waals surface area contributed by atoms with Crippen LogP contribution in [0.2, 0.25) is 5.28 Å². The van der Waals surface area contributed by atoms with Crippen molar-refractivity contribution in [3.63, 3.8) is 0 Å². The normalized spacial score (nSPS) is 19.5. The molecule has 1 unspecified atom stereocenters. The van der Waals surface area contributed by atoms with Crippen LogP contribution >= 0.6 is 11.6 Å². The maximum atomic E-state index is 13.9. The molecule has 0 aliphatic carbocycles. The van der Waals surface area contributed by atoms with Crippen LogP contribution in [-0.2, 0) is 4.74 Å². The molecule has 0 spiro atoms. The lowest BCUT2D eigenvalue weighted by molar-refractivity contribution is -0.0792. The van der Waals surface area contributed by atoms with Crippen LogP contribution in [0.3, 0.4) is 0 Å². The minimum Gasteiger partial charge on any atom is -0.447 e. The summed E-state index contributed by atoms with van der Waals surface area (Å²) in [5, 5.41) is 2.47. The number of alkyl carbamates (subject to hydrolysis) is 1. The highest BCUT2D eigenvalue weighted by Crippen LogP contribution is 2.31. The van der Waals surface area contributed by atoms with Gasteiger partial charge < -0.3 is 15.0 Å². The third-order valence-electron chi connectivity index (χ3n) is 3.98. The minimum atomic E-state index is -3.02. The standard InChI is InChI=1S/C17H23ClF2N4O3/c1-10-7-21-14(18)22-12(10)13(25)24-9-17(19,20)6-5-11(24)8-27-15(26)23-16(2,3)4/h7,11H,5-6,8-9H2,1-4H3,(H,23,26). The lowest BCUT2D eigenvalue weighted by atomic mass is 9.99. The number of nitrogens with one attached hydrogen (secondary N) is 1. The number of hydrogen-bond donors (Lipinski definition) is 1. The molecule has 0 saturated carbocycles. The Labute approximate surface area is 161 Å². The van der Waals surface area contributed by atoms with E-state index in [1.54, 1.807) is 27.7 Å². The van der Waals surface area contributed by atoms with Crippen LogP contribution in [0.1, 0.15) is 49.7 Å². The van der Waals surface area contributed by atoms with E-state index in [1.165, 1.54) is 6.20 Å². The average molecular weight is 405 g/mol. The number of ether oxygens (including phenoxy) is 1. The number of aryl methyl sites for hydroxylation is 1. The molecule has 1 aliphatic heterocycles. The summed E-state index contributed by atoms with van der Waals surface area (Å²) in [5.41, 5.74) is -0.124. The van der Waals surface area contributed by atoms with Crippen LogP contribution in [-0.4, -0.2) is 57.5 Å². The summed E-state index contributed by atoms with van der Waals surface area (Å²) in [6, 6.07) is -0.684. The zero-order valence-electron chi connectivity index (χ0n) is 15.7. The molecular formula is C17H23ClF2N4O3. The van der Waals surface area contributed by atoms with Crippen LogP contribution in [0.4, 0.5) is 13.6 Å². The number of halogens is 3. The summed E-state index contributed by atoms with van der Waals surface area (Å²) in [7, 11) is 0. The summed E-state index contributed by atoms with van der Waals surface area (Å²) >= 11 is 5.74. The SMILES string of the molecule is Cc1cnc(Cl)nc1C(=O)N1CC(F)(F)CCC1COC(=O)NC(C)(C)C. The van der Waals surface area contributed by atoms with Crippen LogP contribution in [0.25, 0.3) is 0 Å². The highest BCUT2D eigenvalue weighted by molar-refractivity contribution is 6.28. The van der Waals surface area contributed by atoms with Gasteiger partial charge in [-0.3, -0.25) is 4.79 Å². The van der Waals surface area contributed by atoms with Crippen LogP contribution < -0.4 is 5.32 Å². The van der Waals surface area contributed by atoms with Crippen molar-refractivity contribution in [1.29, 1.82) is 0 Å². The Hall–Kier alpha value is -2.03. The predicted octanol–water partition coefficient (Wildman–Crippen LogP) is 3.20. The van der Waals surface area contributed by atoms with E-state index < -0.39 is 42.5 Å². The molecule has 1 aromatic rings. The Morgan fingerprint density at radius 3 is 2.74 bits per heavy atom. The molecule has 2 rings (SSSR count). The molecule has 2 amide bonds. The zero-order chi connectivity index (χ0) is 20.4. The van der Waals surface area contributed by atoms with Gasteiger partial charge in [-0.15, -0.1) is 0 Å². The van der Waals surface area contributed by atoms with E-state index in [9.17, 15) is 18.4 Å². The Morgan fingerprint density at radius 2 is 2.11 bits per heavy atom. The molecular weight excluding hydrogens is 382 g/mol. The van der Waals surface area contributed by atoms with E-state index in [-0.39, 0.29) is 24.0 Å². The van der Waals surface area contributed by atoms with Gasteiger partial charge in [-0.25, -0.2) is 23.5 Å². The van der Waals surface area contributed by atoms with Crippen LogP contribution in [0.15, 0.2) is 6.20 Å². The first-order valence-electron chi connectivity index (χ1n) is 8.51. The van der Waals surface area contributed by atoms with Crippen molar-refractivity contribution >= 4 is 23.6 Å². The molecule has 150 valence electrons. The number of piperidine rings is 1. The van der Waals surface area contributed by atoms with Gasteiger partial charge in [0.25, 0.3) is 11.8 Å². The number of likely N-dealkylation sites (tertiary alicyclic amines) is 1. The Balaban J connectivity index is 2.16. The van der Waals surface area contributed by atoms with Crippen molar-refractivity contribution in [2.75, 3.05) is 13.2 Å². The number of carbonyl (C=O) groups is 2. The van der Waals surface area contributed by atoms with Gasteiger partial charge in [-0.05, 0) is 51.3 Å². The summed E-state index contributed by atoms with van der Waals surface area (Å²) in [6.45, 7) is 5.98. The van der Waals surface area contributed by atoms with E-state index >= 15 is 0 Å². The molecule has 27 heavy (non-hydrogen) atoms. The molecule has 7 nitrogen and oxygen atoms in total. The van der Waals surface area contributed by atoms with Gasteiger partial charge >= 0.3 is 6.09 Å². The fourth-order valence-corrected chi connectivity index (χ4v) is 2.82. The summed E-state index contributed by atoms with van der Waals surface area (Å²) in [5.74, 6) is -3.72. The number of hydrogen-bond acceptors (Lipinski definition) is 5. The maximum Gasteiger partial charge on any atom is 0.407 e. The fraction of sp³-hybridized carbons (Fsp3) is 0.647. The smallest absolute Gasteiger partial charge is 0.407 e. The van der Waals surface area contributed by atoms with Crippen LogP contribution in [0.5, 0.6) is 0 Å². The van der Waals surface area contributed by atoms with E-state index in [0.717, 1.165) is 4.90 Å². The molecule has 1 aliphatic rings. The fourth-order valence-electron chi connectivity index (χ4n) is 2.69. The number of amides is 2. The van der Waals surface area contributed by atoms with E-state index in [2.05, 4.69) is 15.3 Å². The third kappa shape index (κ3) is 5.98. The van der Waals surface area contributed by atoms with Crippen molar-refractivity contribution in [3.8, 4) is 0 Å². The quantitative estimate of drug-likeness (QED) is 0.782. The number of carbonyl (C=O) groups excluding carboxylic acids is 2. The second-order valence-corrected chi connectivity index (χ2v) is 7.96. The van der Waals surface area contributed by atoms with Crippen molar-refractivity contribution in [3.05, 3.63) is 22.7 Å². The highest BCUT2D eigenvalue weighted by atomic mass is 35.5. The topological polar surface area (TPSA) is 84.4 Å². The Bertz CT molecular complexity index is 725. The Kier molecular flexibility index (Phi) is 6.24. The van der Waals surface area contributed by atoms with Crippen molar-refractivity contribution in [2.45, 2.75) is 58.0 Å². The van der Waals surface area contributed by atoms with E-state index in [4.69, 9.17) is 16.3 Å². The van der Waals surface area contributed by atoms with Crippen molar-refractivity contribution < 1.29 is 23.1 Å². The summed E-state index contributed by atoms with van der Waals surface area (Å²) in [6.07, 6.45) is 0.287. The minimum absolute atomic E-state index is 0.000594. The second-order valence-electron chi connectivity index (χ2n) is 7.63. The second kappa shape index (κ2) is 7.92. The van der Waals surface area contributed by atoms with E-state index in [0.29, 0.717) is 5.56 Å². The van der Waals surface area contributed by atoms with Gasteiger partial charge in [0.2, 0.25) is 5.28 Å². The van der Waals surface area contributed by atoms with Crippen LogP contribution in [0, 0.1) is 6.92 Å². The molecule has 1 saturated heterocycles. The third-order valence-corrected chi connectivity index (χ3v) is 4.16. The lowest BCUT2D eigenvalue weighted by Gasteiger charge is -2.39. The molecule has 0 radical (unpaired) electrons. The molecule has 0 bridgehead atoms. The number of rotatable bonds is 3. The van der Waals surface area contributed by atoms with Gasteiger partial charge in [0.1, 0.15) is 12.3 Å². The monoisotopic (exact) mass is 404 g/mol. The molecule has 1 atom stereocenters. The first kappa shape index (κ1) is 21.3. The largest absolute Gasteiger partial charge is 0.447 e. The highest BCUT2D eigenvalue weighted by Gasteiger charge is 2.43. The summed E-state index contributed by atoms with van der Waals surface area (Å²) in [4.78, 5) is 33.3. The zero-order valence-corrected chi connectivity index (χ0v) is 16.4. The predicted molar refractivity (Wildman–Crippen MR) is 95.0 cm³/mol. The van der Waals surface area contributed by atoms with Crippen molar-refractivity contribution in [2.24, 2.45) is 0 Å². The van der Waals surface area contributed by atoms with E-state index in [1.807, 2.05) is 0 Å². The van der Waals surface area contributed by atoms with Gasteiger partial charge in [0.05, 0.1) is 12.6 Å². The molecule has 0 aromatic carbocycles. The first-order chi connectivity index (χ1) is 12.4. The lowest BCUT2D eigenvalue weighted by Crippen LogP contribution is -2.54. The Morgan fingerprint density at radius 1 is 1.44 bits per heavy atom. The number of aromatic nitrogens is 2. The molecule has 1 fully saturated rings. The average Bonchev–Trinajstić information content (AvgIpc) is 2.53. The maximum absolute atomic E-state index is 13.9. The first-order valence-corrected chi connectivity index (χ1v) is 8.89.